The van der Waals surface area contributed by atoms with Gasteiger partial charge in [-0.05, 0) is 40.0 Å². The predicted molar refractivity (Wildman–Crippen MR) is 68.0 cm³/mol. The zero-order chi connectivity index (χ0) is 12.3. The molecule has 1 rings (SSSR count). The quantitative estimate of drug-likeness (QED) is 0.839. The Kier molecular flexibility index (Phi) is 4.00. The van der Waals surface area contributed by atoms with E-state index in [2.05, 4.69) is 32.8 Å². The van der Waals surface area contributed by atoms with Crippen molar-refractivity contribution in [3.8, 4) is 0 Å². The Morgan fingerprint density at radius 2 is 1.88 bits per heavy atom. The number of unbranched alkanes of at least 4 members (excludes halogenated alkanes) is 1. The molecule has 0 unspecified atom stereocenters. The summed E-state index contributed by atoms with van der Waals surface area (Å²) in [5, 5.41) is 2.97. The number of rotatable bonds is 4. The van der Waals surface area contributed by atoms with Gasteiger partial charge in [0.2, 0.25) is 0 Å². The highest BCUT2D eigenvalue weighted by Gasteiger charge is 2.21. The van der Waals surface area contributed by atoms with Crippen LogP contribution in [0.5, 0.6) is 0 Å². The largest absolute Gasteiger partial charge is 0.284 e. The molecule has 3 nitrogen and oxygen atoms in total. The predicted octanol–water partition coefficient (Wildman–Crippen LogP) is 2.84. The van der Waals surface area contributed by atoms with Crippen molar-refractivity contribution in [1.29, 1.82) is 0 Å². The Morgan fingerprint density at radius 1 is 1.25 bits per heavy atom. The first kappa shape index (κ1) is 13.1. The molecule has 1 aromatic rings. The molecule has 0 aliphatic heterocycles. The topological polar surface area (TPSA) is 37.8 Å². The van der Waals surface area contributed by atoms with E-state index in [9.17, 15) is 4.79 Å². The summed E-state index contributed by atoms with van der Waals surface area (Å²) in [6.07, 6.45) is 4.11. The third kappa shape index (κ3) is 2.57. The lowest BCUT2D eigenvalue weighted by molar-refractivity contribution is 0.340. The van der Waals surface area contributed by atoms with Crippen LogP contribution in [-0.2, 0) is 18.4 Å². The summed E-state index contributed by atoms with van der Waals surface area (Å²) in [5.41, 5.74) is 2.20. The summed E-state index contributed by atoms with van der Waals surface area (Å²) in [4.78, 5) is 11.8. The molecule has 0 aliphatic carbocycles. The Hall–Kier alpha value is -0.990. The van der Waals surface area contributed by atoms with Crippen molar-refractivity contribution >= 4 is 0 Å². The minimum absolute atomic E-state index is 0.0460. The zero-order valence-electron chi connectivity index (χ0n) is 11.2. The highest BCUT2D eigenvalue weighted by Crippen LogP contribution is 2.18. The van der Waals surface area contributed by atoms with Crippen molar-refractivity contribution < 1.29 is 0 Å². The van der Waals surface area contributed by atoms with Gasteiger partial charge in [-0.15, -0.1) is 0 Å². The molecule has 16 heavy (non-hydrogen) atoms. The molecule has 0 amide bonds. The molecule has 0 atom stereocenters. The van der Waals surface area contributed by atoms with Crippen LogP contribution >= 0.6 is 0 Å². The Labute approximate surface area is 97.8 Å². The minimum atomic E-state index is -0.0460. The number of nitrogens with zero attached hydrogens (tertiary/aromatic N) is 1. The van der Waals surface area contributed by atoms with Crippen molar-refractivity contribution in [3.63, 3.8) is 0 Å². The molecule has 0 radical (unpaired) electrons. The van der Waals surface area contributed by atoms with Gasteiger partial charge in [-0.1, -0.05) is 20.3 Å². The number of hydrogen-bond donors (Lipinski definition) is 1. The second-order valence-corrected chi connectivity index (χ2v) is 5.33. The molecule has 0 spiro atoms. The third-order valence-corrected chi connectivity index (χ3v) is 2.90. The highest BCUT2D eigenvalue weighted by molar-refractivity contribution is 5.19. The summed E-state index contributed by atoms with van der Waals surface area (Å²) in [6, 6.07) is 0. The van der Waals surface area contributed by atoms with Gasteiger partial charge in [-0.25, -0.2) is 0 Å². The number of aromatic amines is 1. The van der Waals surface area contributed by atoms with Gasteiger partial charge in [0.1, 0.15) is 0 Å². The maximum atomic E-state index is 11.8. The van der Waals surface area contributed by atoms with E-state index in [4.69, 9.17) is 0 Å². The molecule has 0 aromatic carbocycles. The Bertz CT molecular complexity index is 393. The maximum absolute atomic E-state index is 11.8. The van der Waals surface area contributed by atoms with Crippen LogP contribution < -0.4 is 5.56 Å². The van der Waals surface area contributed by atoms with E-state index in [1.54, 1.807) is 0 Å². The van der Waals surface area contributed by atoms with Gasteiger partial charge in [0.25, 0.3) is 5.56 Å². The van der Waals surface area contributed by atoms with Crippen molar-refractivity contribution in [2.75, 3.05) is 0 Å². The highest BCUT2D eigenvalue weighted by atomic mass is 16.1. The number of hydrogen-bond acceptors (Lipinski definition) is 1. The number of nitrogens with one attached hydrogen (secondary N) is 1. The van der Waals surface area contributed by atoms with Crippen LogP contribution in [0.2, 0.25) is 0 Å². The first-order valence-corrected chi connectivity index (χ1v) is 6.25. The van der Waals surface area contributed by atoms with E-state index in [-0.39, 0.29) is 11.1 Å². The fourth-order valence-corrected chi connectivity index (χ4v) is 2.05. The molecule has 92 valence electrons. The van der Waals surface area contributed by atoms with E-state index in [1.165, 1.54) is 5.69 Å². The van der Waals surface area contributed by atoms with Crippen LogP contribution in [0.15, 0.2) is 4.79 Å². The fraction of sp³-hybridized carbons (Fsp3) is 0.769. The second-order valence-electron chi connectivity index (χ2n) is 5.33. The van der Waals surface area contributed by atoms with E-state index in [0.29, 0.717) is 0 Å². The molecule has 1 heterocycles. The average molecular weight is 224 g/mol. The van der Waals surface area contributed by atoms with E-state index in [0.717, 1.165) is 31.2 Å². The smallest absolute Gasteiger partial charge is 0.267 e. The monoisotopic (exact) mass is 224 g/mol. The van der Waals surface area contributed by atoms with Crippen LogP contribution in [-0.4, -0.2) is 9.78 Å². The standard InChI is InChI=1S/C13H24N2O/c1-6-8-9-11-10(7-2)12(16)14-15(11)13(3,4)5/h6-9H2,1-5H3,(H,14,16). The summed E-state index contributed by atoms with van der Waals surface area (Å²) in [7, 11) is 0. The van der Waals surface area contributed by atoms with Crippen LogP contribution in [0.1, 0.15) is 58.7 Å². The van der Waals surface area contributed by atoms with Gasteiger partial charge in [-0.2, -0.15) is 0 Å². The fourth-order valence-electron chi connectivity index (χ4n) is 2.05. The van der Waals surface area contributed by atoms with Gasteiger partial charge < -0.3 is 0 Å². The Morgan fingerprint density at radius 3 is 2.31 bits per heavy atom. The van der Waals surface area contributed by atoms with Crippen molar-refractivity contribution in [2.45, 2.75) is 65.8 Å². The van der Waals surface area contributed by atoms with Crippen molar-refractivity contribution in [1.82, 2.24) is 9.78 Å². The maximum Gasteiger partial charge on any atom is 0.267 e. The normalized spacial score (nSPS) is 12.1. The van der Waals surface area contributed by atoms with E-state index >= 15 is 0 Å². The van der Waals surface area contributed by atoms with E-state index < -0.39 is 0 Å². The van der Waals surface area contributed by atoms with Crippen molar-refractivity contribution in [3.05, 3.63) is 21.6 Å². The molecule has 0 fully saturated rings. The van der Waals surface area contributed by atoms with Gasteiger partial charge in [0, 0.05) is 11.3 Å². The van der Waals surface area contributed by atoms with Gasteiger partial charge in [0.05, 0.1) is 5.54 Å². The lowest BCUT2D eigenvalue weighted by Gasteiger charge is -2.24. The molecule has 0 aliphatic rings. The summed E-state index contributed by atoms with van der Waals surface area (Å²) < 4.78 is 2.05. The number of H-pyrrole nitrogens is 1. The first-order chi connectivity index (χ1) is 7.41. The molecule has 0 saturated carbocycles. The first-order valence-electron chi connectivity index (χ1n) is 6.25. The van der Waals surface area contributed by atoms with Crippen LogP contribution in [0, 0.1) is 0 Å². The summed E-state index contributed by atoms with van der Waals surface area (Å²) in [5.74, 6) is 0. The number of aromatic nitrogens is 2. The SMILES string of the molecule is CCCCc1c(CC)c(=O)[nH]n1C(C)(C)C. The van der Waals surface area contributed by atoms with E-state index in [1.807, 2.05) is 11.6 Å². The van der Waals surface area contributed by atoms with Crippen LogP contribution in [0.3, 0.4) is 0 Å². The summed E-state index contributed by atoms with van der Waals surface area (Å²) in [6.45, 7) is 10.6. The lowest BCUT2D eigenvalue weighted by atomic mass is 10.0. The second kappa shape index (κ2) is 4.89. The zero-order valence-corrected chi connectivity index (χ0v) is 11.2. The molecule has 0 bridgehead atoms. The van der Waals surface area contributed by atoms with Gasteiger partial charge in [-0.3, -0.25) is 14.6 Å². The molecular weight excluding hydrogens is 200 g/mol. The molecule has 1 aromatic heterocycles. The average Bonchev–Trinajstić information content (AvgIpc) is 2.51. The molecule has 0 saturated heterocycles. The molecule has 1 N–H and O–H groups in total. The Balaban J connectivity index is 3.22. The summed E-state index contributed by atoms with van der Waals surface area (Å²) >= 11 is 0. The van der Waals surface area contributed by atoms with Crippen molar-refractivity contribution in [2.24, 2.45) is 0 Å². The molecule has 3 heteroatoms. The van der Waals surface area contributed by atoms with Gasteiger partial charge in [0.15, 0.2) is 0 Å². The van der Waals surface area contributed by atoms with Crippen LogP contribution in [0.4, 0.5) is 0 Å². The lowest BCUT2D eigenvalue weighted by Crippen LogP contribution is -2.26. The molecular formula is C13H24N2O. The minimum Gasteiger partial charge on any atom is -0.284 e. The third-order valence-electron chi connectivity index (χ3n) is 2.90. The van der Waals surface area contributed by atoms with Gasteiger partial charge >= 0.3 is 0 Å². The van der Waals surface area contributed by atoms with Crippen LogP contribution in [0.25, 0.3) is 0 Å².